The second-order valence-corrected chi connectivity index (χ2v) is 3.88. The van der Waals surface area contributed by atoms with Crippen molar-refractivity contribution in [2.45, 2.75) is 13.5 Å². The standard InChI is InChI=1S/C11H15N3O4/c1-3-17-10(15)8-6-12-13(2)9(8)7-14-4-5-18-11(14)16/h6H,3-5,7H2,1-2H3. The Morgan fingerprint density at radius 2 is 2.39 bits per heavy atom. The van der Waals surface area contributed by atoms with Crippen LogP contribution >= 0.6 is 0 Å². The summed E-state index contributed by atoms with van der Waals surface area (Å²) in [6, 6.07) is 0. The summed E-state index contributed by atoms with van der Waals surface area (Å²) < 4.78 is 11.4. The average Bonchev–Trinajstić information content (AvgIpc) is 2.89. The van der Waals surface area contributed by atoms with Crippen molar-refractivity contribution < 1.29 is 19.1 Å². The van der Waals surface area contributed by atoms with Crippen LogP contribution in [0.1, 0.15) is 23.0 Å². The molecule has 0 radical (unpaired) electrons. The van der Waals surface area contributed by atoms with Gasteiger partial charge in [0, 0.05) is 7.05 Å². The molecule has 1 saturated heterocycles. The Bertz CT molecular complexity index is 469. The number of rotatable bonds is 4. The molecule has 1 aliphatic rings. The van der Waals surface area contributed by atoms with E-state index in [1.165, 1.54) is 11.1 Å². The minimum absolute atomic E-state index is 0.295. The van der Waals surface area contributed by atoms with Gasteiger partial charge in [0.25, 0.3) is 0 Å². The summed E-state index contributed by atoms with van der Waals surface area (Å²) >= 11 is 0. The van der Waals surface area contributed by atoms with Gasteiger partial charge >= 0.3 is 12.1 Å². The Morgan fingerprint density at radius 3 is 3.00 bits per heavy atom. The Kier molecular flexibility index (Phi) is 3.50. The van der Waals surface area contributed by atoms with E-state index in [2.05, 4.69) is 5.10 Å². The number of hydrogen-bond acceptors (Lipinski definition) is 5. The van der Waals surface area contributed by atoms with Crippen LogP contribution in [0.3, 0.4) is 0 Å². The Hall–Kier alpha value is -2.05. The summed E-state index contributed by atoms with van der Waals surface area (Å²) in [7, 11) is 1.72. The number of ether oxygens (including phenoxy) is 2. The van der Waals surface area contributed by atoms with Crippen molar-refractivity contribution in [2.24, 2.45) is 7.05 Å². The zero-order valence-electron chi connectivity index (χ0n) is 10.4. The molecule has 0 saturated carbocycles. The highest BCUT2D eigenvalue weighted by molar-refractivity contribution is 5.90. The lowest BCUT2D eigenvalue weighted by molar-refractivity contribution is 0.0523. The summed E-state index contributed by atoms with van der Waals surface area (Å²) in [4.78, 5) is 24.6. The average molecular weight is 253 g/mol. The molecule has 0 spiro atoms. The van der Waals surface area contributed by atoms with Crippen molar-refractivity contribution in [1.82, 2.24) is 14.7 Å². The first-order chi connectivity index (χ1) is 8.63. The fourth-order valence-corrected chi connectivity index (χ4v) is 1.78. The Morgan fingerprint density at radius 1 is 1.61 bits per heavy atom. The first-order valence-corrected chi connectivity index (χ1v) is 5.73. The van der Waals surface area contributed by atoms with E-state index in [0.29, 0.717) is 37.6 Å². The van der Waals surface area contributed by atoms with Crippen LogP contribution in [0.4, 0.5) is 4.79 Å². The minimum Gasteiger partial charge on any atom is -0.462 e. The van der Waals surface area contributed by atoms with Gasteiger partial charge < -0.3 is 9.47 Å². The van der Waals surface area contributed by atoms with Crippen LogP contribution in [0.25, 0.3) is 0 Å². The maximum atomic E-state index is 11.7. The summed E-state index contributed by atoms with van der Waals surface area (Å²) in [6.45, 7) is 3.24. The number of carbonyl (C=O) groups is 2. The van der Waals surface area contributed by atoms with Crippen LogP contribution in [0.5, 0.6) is 0 Å². The van der Waals surface area contributed by atoms with E-state index >= 15 is 0 Å². The highest BCUT2D eigenvalue weighted by atomic mass is 16.6. The van der Waals surface area contributed by atoms with Gasteiger partial charge in [0.2, 0.25) is 0 Å². The van der Waals surface area contributed by atoms with Crippen LogP contribution in [0.15, 0.2) is 6.20 Å². The zero-order chi connectivity index (χ0) is 13.1. The van der Waals surface area contributed by atoms with Gasteiger partial charge in [-0.1, -0.05) is 0 Å². The van der Waals surface area contributed by atoms with Crippen molar-refractivity contribution in [2.75, 3.05) is 19.8 Å². The summed E-state index contributed by atoms with van der Waals surface area (Å²) in [5.74, 6) is -0.423. The highest BCUT2D eigenvalue weighted by Crippen LogP contribution is 2.15. The van der Waals surface area contributed by atoms with Crippen LogP contribution in [0.2, 0.25) is 0 Å². The number of esters is 1. The molecule has 0 aliphatic carbocycles. The van der Waals surface area contributed by atoms with Gasteiger partial charge in [0.15, 0.2) is 0 Å². The van der Waals surface area contributed by atoms with E-state index in [1.54, 1.807) is 18.7 Å². The number of hydrogen-bond donors (Lipinski definition) is 0. The molecule has 98 valence electrons. The van der Waals surface area contributed by atoms with Crippen molar-refractivity contribution in [3.05, 3.63) is 17.5 Å². The maximum absolute atomic E-state index is 11.7. The van der Waals surface area contributed by atoms with Crippen molar-refractivity contribution in [1.29, 1.82) is 0 Å². The smallest absolute Gasteiger partial charge is 0.410 e. The molecule has 0 atom stereocenters. The van der Waals surface area contributed by atoms with E-state index in [-0.39, 0.29) is 6.09 Å². The zero-order valence-corrected chi connectivity index (χ0v) is 10.4. The fraction of sp³-hybridized carbons (Fsp3) is 0.545. The maximum Gasteiger partial charge on any atom is 0.410 e. The third kappa shape index (κ3) is 2.29. The topological polar surface area (TPSA) is 73.7 Å². The third-order valence-electron chi connectivity index (χ3n) is 2.74. The summed E-state index contributed by atoms with van der Waals surface area (Å²) in [5, 5.41) is 4.02. The summed E-state index contributed by atoms with van der Waals surface area (Å²) in [6.07, 6.45) is 1.08. The van der Waals surface area contributed by atoms with E-state index in [0.717, 1.165) is 0 Å². The van der Waals surface area contributed by atoms with Gasteiger partial charge in [-0.2, -0.15) is 5.10 Å². The van der Waals surface area contributed by atoms with Gasteiger partial charge in [-0.25, -0.2) is 9.59 Å². The molecule has 7 nitrogen and oxygen atoms in total. The second-order valence-electron chi connectivity index (χ2n) is 3.88. The molecule has 18 heavy (non-hydrogen) atoms. The molecular weight excluding hydrogens is 238 g/mol. The van der Waals surface area contributed by atoms with E-state index < -0.39 is 5.97 Å². The van der Waals surface area contributed by atoms with Crippen molar-refractivity contribution in [3.8, 4) is 0 Å². The normalized spacial score (nSPS) is 14.8. The van der Waals surface area contributed by atoms with Crippen LogP contribution < -0.4 is 0 Å². The number of aryl methyl sites for hydroxylation is 1. The predicted molar refractivity (Wildman–Crippen MR) is 60.9 cm³/mol. The Labute approximate surface area is 104 Å². The van der Waals surface area contributed by atoms with Crippen LogP contribution in [-0.4, -0.2) is 46.5 Å². The van der Waals surface area contributed by atoms with E-state index in [9.17, 15) is 9.59 Å². The molecule has 7 heteroatoms. The second kappa shape index (κ2) is 5.07. The van der Waals surface area contributed by atoms with Crippen LogP contribution in [-0.2, 0) is 23.1 Å². The highest BCUT2D eigenvalue weighted by Gasteiger charge is 2.26. The lowest BCUT2D eigenvalue weighted by atomic mass is 10.2. The van der Waals surface area contributed by atoms with Gasteiger partial charge in [0.1, 0.15) is 12.2 Å². The molecule has 2 rings (SSSR count). The summed E-state index contributed by atoms with van der Waals surface area (Å²) in [5.41, 5.74) is 1.03. The lowest BCUT2D eigenvalue weighted by Gasteiger charge is -2.13. The number of nitrogens with zero attached hydrogens (tertiary/aromatic N) is 3. The molecule has 1 aliphatic heterocycles. The molecule has 1 amide bonds. The van der Waals surface area contributed by atoms with E-state index in [4.69, 9.17) is 9.47 Å². The minimum atomic E-state index is -0.423. The molecule has 1 aromatic heterocycles. The SMILES string of the molecule is CCOC(=O)c1cnn(C)c1CN1CCOC1=O. The van der Waals surface area contributed by atoms with Gasteiger partial charge in [-0.05, 0) is 6.92 Å². The quantitative estimate of drug-likeness (QED) is 0.732. The molecule has 1 fully saturated rings. The molecule has 2 heterocycles. The number of amides is 1. The molecule has 0 N–H and O–H groups in total. The molecule has 0 aromatic carbocycles. The molecule has 1 aromatic rings. The van der Waals surface area contributed by atoms with E-state index in [1.807, 2.05) is 0 Å². The monoisotopic (exact) mass is 253 g/mol. The first kappa shape index (κ1) is 12.4. The number of cyclic esters (lactones) is 1. The molecule has 0 bridgehead atoms. The van der Waals surface area contributed by atoms with Crippen LogP contribution in [0, 0.1) is 0 Å². The first-order valence-electron chi connectivity index (χ1n) is 5.73. The van der Waals surface area contributed by atoms with Crippen molar-refractivity contribution >= 4 is 12.1 Å². The number of aromatic nitrogens is 2. The van der Waals surface area contributed by atoms with Gasteiger partial charge in [-0.3, -0.25) is 9.58 Å². The molecule has 0 unspecified atom stereocenters. The number of carbonyl (C=O) groups excluding carboxylic acids is 2. The third-order valence-corrected chi connectivity index (χ3v) is 2.74. The fourth-order valence-electron chi connectivity index (χ4n) is 1.78. The lowest BCUT2D eigenvalue weighted by Crippen LogP contribution is -2.26. The van der Waals surface area contributed by atoms with Gasteiger partial charge in [-0.15, -0.1) is 0 Å². The largest absolute Gasteiger partial charge is 0.462 e. The van der Waals surface area contributed by atoms with Crippen molar-refractivity contribution in [3.63, 3.8) is 0 Å². The van der Waals surface area contributed by atoms with Gasteiger partial charge in [0.05, 0.1) is 31.6 Å². The predicted octanol–water partition coefficient (Wildman–Crippen LogP) is 0.549. The Balaban J connectivity index is 2.18. The molecular formula is C11H15N3O4.